The van der Waals surface area contributed by atoms with Crippen molar-refractivity contribution in [2.75, 3.05) is 5.32 Å². The number of nitrogens with zero attached hydrogens (tertiary/aromatic N) is 1. The molecule has 0 fully saturated rings. The maximum atomic E-state index is 9.64. The smallest absolute Gasteiger partial charge is 0.187 e. The van der Waals surface area contributed by atoms with Gasteiger partial charge in [0.05, 0.1) is 11.3 Å². The Hall–Kier alpha value is -1.66. The lowest BCUT2D eigenvalue weighted by atomic mass is 10.2. The van der Waals surface area contributed by atoms with Crippen LogP contribution in [0.5, 0.6) is 11.5 Å². The van der Waals surface area contributed by atoms with E-state index in [1.807, 2.05) is 12.3 Å². The first-order chi connectivity index (χ1) is 8.06. The number of aromatic hydroxyl groups is 2. The molecule has 3 N–H and O–H groups in total. The highest BCUT2D eigenvalue weighted by molar-refractivity contribution is 7.81. The minimum Gasteiger partial charge on any atom is -0.508 e. The SMILES string of the molecule is Cc1csc(NC(=S)c2ccc(O)cc2O)n1. The van der Waals surface area contributed by atoms with E-state index in [0.717, 1.165) is 5.69 Å². The highest BCUT2D eigenvalue weighted by atomic mass is 32.1. The molecule has 0 aliphatic carbocycles. The first kappa shape index (κ1) is 11.8. The lowest BCUT2D eigenvalue weighted by Gasteiger charge is -2.07. The van der Waals surface area contributed by atoms with Crippen LogP contribution < -0.4 is 5.32 Å². The van der Waals surface area contributed by atoms with Crippen LogP contribution in [0.25, 0.3) is 0 Å². The van der Waals surface area contributed by atoms with Gasteiger partial charge in [0.15, 0.2) is 5.13 Å². The van der Waals surface area contributed by atoms with Crippen molar-refractivity contribution >= 4 is 33.7 Å². The van der Waals surface area contributed by atoms with Gasteiger partial charge in [0.25, 0.3) is 0 Å². The lowest BCUT2D eigenvalue weighted by molar-refractivity contribution is 0.450. The third-order valence-corrected chi connectivity index (χ3v) is 3.26. The summed E-state index contributed by atoms with van der Waals surface area (Å²) in [5.41, 5.74) is 1.38. The standard InChI is InChI=1S/C11H10N2O2S2/c1-6-5-17-11(12-6)13-10(16)8-3-2-7(14)4-9(8)15/h2-5,14-15H,1H3,(H,12,13,16). The van der Waals surface area contributed by atoms with Crippen LogP contribution in [0, 0.1) is 6.92 Å². The van der Waals surface area contributed by atoms with Crippen molar-refractivity contribution in [3.63, 3.8) is 0 Å². The normalized spacial score (nSPS) is 10.2. The van der Waals surface area contributed by atoms with Gasteiger partial charge in [-0.05, 0) is 19.1 Å². The van der Waals surface area contributed by atoms with Crippen molar-refractivity contribution in [1.82, 2.24) is 4.98 Å². The molecule has 0 saturated carbocycles. The van der Waals surface area contributed by atoms with Crippen LogP contribution in [-0.4, -0.2) is 20.2 Å². The van der Waals surface area contributed by atoms with Gasteiger partial charge in [0.2, 0.25) is 0 Å². The molecule has 0 saturated heterocycles. The minimum atomic E-state index is -0.0595. The van der Waals surface area contributed by atoms with Crippen LogP contribution in [0.3, 0.4) is 0 Å². The molecule has 1 aromatic carbocycles. The number of aromatic nitrogens is 1. The van der Waals surface area contributed by atoms with E-state index in [1.54, 1.807) is 6.07 Å². The Kier molecular flexibility index (Phi) is 3.26. The van der Waals surface area contributed by atoms with E-state index in [-0.39, 0.29) is 11.5 Å². The first-order valence-electron chi connectivity index (χ1n) is 4.82. The fourth-order valence-electron chi connectivity index (χ4n) is 1.29. The number of benzene rings is 1. The van der Waals surface area contributed by atoms with Crippen LogP contribution in [0.4, 0.5) is 5.13 Å². The summed E-state index contributed by atoms with van der Waals surface area (Å²) in [6.07, 6.45) is 0. The van der Waals surface area contributed by atoms with Gasteiger partial charge in [-0.1, -0.05) is 12.2 Å². The molecule has 1 heterocycles. The van der Waals surface area contributed by atoms with Crippen LogP contribution in [0.2, 0.25) is 0 Å². The van der Waals surface area contributed by atoms with Crippen LogP contribution >= 0.6 is 23.6 Å². The second-order valence-electron chi connectivity index (χ2n) is 3.45. The van der Waals surface area contributed by atoms with E-state index >= 15 is 0 Å². The molecule has 0 spiro atoms. The van der Waals surface area contributed by atoms with Gasteiger partial charge >= 0.3 is 0 Å². The molecule has 1 aromatic heterocycles. The Balaban J connectivity index is 2.20. The first-order valence-corrected chi connectivity index (χ1v) is 6.10. The van der Waals surface area contributed by atoms with Crippen LogP contribution in [0.15, 0.2) is 23.6 Å². The number of hydrogen-bond donors (Lipinski definition) is 3. The van der Waals surface area contributed by atoms with Gasteiger partial charge in [-0.2, -0.15) is 0 Å². The summed E-state index contributed by atoms with van der Waals surface area (Å²) >= 11 is 6.60. The van der Waals surface area contributed by atoms with E-state index in [1.165, 1.54) is 23.5 Å². The Morgan fingerprint density at radius 2 is 2.18 bits per heavy atom. The number of hydrogen-bond acceptors (Lipinski definition) is 5. The molecule has 0 unspecified atom stereocenters. The molecule has 6 heteroatoms. The summed E-state index contributed by atoms with van der Waals surface area (Å²) in [5.74, 6) is -0.0603. The maximum absolute atomic E-state index is 9.64. The molecule has 88 valence electrons. The highest BCUT2D eigenvalue weighted by Crippen LogP contribution is 2.24. The Labute approximate surface area is 108 Å². The summed E-state index contributed by atoms with van der Waals surface area (Å²) in [4.78, 5) is 4.58. The largest absolute Gasteiger partial charge is 0.508 e. The van der Waals surface area contributed by atoms with Crippen molar-refractivity contribution in [2.24, 2.45) is 0 Å². The molecule has 0 aliphatic rings. The molecule has 4 nitrogen and oxygen atoms in total. The summed E-state index contributed by atoms with van der Waals surface area (Å²) in [6.45, 7) is 1.89. The lowest BCUT2D eigenvalue weighted by Crippen LogP contribution is -2.10. The van der Waals surface area contributed by atoms with E-state index < -0.39 is 0 Å². The third kappa shape index (κ3) is 2.72. The van der Waals surface area contributed by atoms with E-state index in [2.05, 4.69) is 10.3 Å². The number of aryl methyl sites for hydroxylation is 1. The van der Waals surface area contributed by atoms with Crippen molar-refractivity contribution in [1.29, 1.82) is 0 Å². The number of phenols is 2. The number of nitrogens with one attached hydrogen (secondary N) is 1. The van der Waals surface area contributed by atoms with Crippen molar-refractivity contribution in [2.45, 2.75) is 6.92 Å². The molecule has 0 radical (unpaired) electrons. The topological polar surface area (TPSA) is 65.4 Å². The zero-order valence-corrected chi connectivity index (χ0v) is 10.6. The second-order valence-corrected chi connectivity index (χ2v) is 4.72. The van der Waals surface area contributed by atoms with Crippen LogP contribution in [0.1, 0.15) is 11.3 Å². The van der Waals surface area contributed by atoms with Gasteiger partial charge in [0, 0.05) is 11.4 Å². The maximum Gasteiger partial charge on any atom is 0.187 e. The molecule has 2 rings (SSSR count). The Morgan fingerprint density at radius 1 is 1.41 bits per heavy atom. The number of phenolic OH excluding ortho intramolecular Hbond substituents is 2. The predicted molar refractivity (Wildman–Crippen MR) is 71.9 cm³/mol. The van der Waals surface area contributed by atoms with Gasteiger partial charge in [0.1, 0.15) is 16.5 Å². The summed E-state index contributed by atoms with van der Waals surface area (Å²) in [5, 5.41) is 24.3. The molecular formula is C11H10N2O2S2. The summed E-state index contributed by atoms with van der Waals surface area (Å²) < 4.78 is 0. The number of thiocarbonyl (C=S) groups is 1. The third-order valence-electron chi connectivity index (χ3n) is 2.07. The number of thiazole rings is 1. The zero-order chi connectivity index (χ0) is 12.4. The Morgan fingerprint density at radius 3 is 2.76 bits per heavy atom. The number of anilines is 1. The van der Waals surface area contributed by atoms with Crippen molar-refractivity contribution < 1.29 is 10.2 Å². The van der Waals surface area contributed by atoms with E-state index in [0.29, 0.717) is 15.7 Å². The van der Waals surface area contributed by atoms with Gasteiger partial charge in [-0.25, -0.2) is 4.98 Å². The van der Waals surface area contributed by atoms with Gasteiger partial charge in [-0.3, -0.25) is 0 Å². The van der Waals surface area contributed by atoms with Crippen molar-refractivity contribution in [3.05, 3.63) is 34.8 Å². The van der Waals surface area contributed by atoms with E-state index in [4.69, 9.17) is 12.2 Å². The monoisotopic (exact) mass is 266 g/mol. The quantitative estimate of drug-likeness (QED) is 0.729. The molecule has 0 amide bonds. The molecule has 0 bridgehead atoms. The summed E-state index contributed by atoms with van der Waals surface area (Å²) in [7, 11) is 0. The predicted octanol–water partition coefficient (Wildman–Crippen LogP) is 2.65. The van der Waals surface area contributed by atoms with Gasteiger partial charge < -0.3 is 15.5 Å². The number of rotatable bonds is 2. The average molecular weight is 266 g/mol. The second kappa shape index (κ2) is 4.68. The highest BCUT2D eigenvalue weighted by Gasteiger charge is 2.09. The zero-order valence-electron chi connectivity index (χ0n) is 8.97. The van der Waals surface area contributed by atoms with E-state index in [9.17, 15) is 10.2 Å². The molecular weight excluding hydrogens is 256 g/mol. The van der Waals surface area contributed by atoms with Gasteiger partial charge in [-0.15, -0.1) is 11.3 Å². The van der Waals surface area contributed by atoms with Crippen molar-refractivity contribution in [3.8, 4) is 11.5 Å². The fourth-order valence-corrected chi connectivity index (χ4v) is 2.31. The fraction of sp³-hybridized carbons (Fsp3) is 0.0909. The molecule has 17 heavy (non-hydrogen) atoms. The molecule has 0 atom stereocenters. The minimum absolute atomic E-state index is 0.000793. The summed E-state index contributed by atoms with van der Waals surface area (Å²) in [6, 6.07) is 4.27. The average Bonchev–Trinajstić information content (AvgIpc) is 2.63. The van der Waals surface area contributed by atoms with Crippen LogP contribution in [-0.2, 0) is 0 Å². The molecule has 2 aromatic rings. The Bertz CT molecular complexity index is 566. The molecule has 0 aliphatic heterocycles.